The second-order valence-corrected chi connectivity index (χ2v) is 8.04. The van der Waals surface area contributed by atoms with E-state index < -0.39 is 0 Å². The van der Waals surface area contributed by atoms with Crippen LogP contribution in [0.15, 0.2) is 65.1 Å². The fourth-order valence-electron chi connectivity index (χ4n) is 3.46. The number of nitrogens with zero attached hydrogens (tertiary/aromatic N) is 2. The van der Waals surface area contributed by atoms with Crippen LogP contribution in [0.2, 0.25) is 5.02 Å². The van der Waals surface area contributed by atoms with E-state index in [0.717, 1.165) is 28.3 Å². The van der Waals surface area contributed by atoms with Crippen LogP contribution in [0.25, 0.3) is 0 Å². The summed E-state index contributed by atoms with van der Waals surface area (Å²) in [6.45, 7) is 6.57. The number of anilines is 1. The highest BCUT2D eigenvalue weighted by Gasteiger charge is 2.18. The summed E-state index contributed by atoms with van der Waals surface area (Å²) in [6.07, 6.45) is 0. The van der Waals surface area contributed by atoms with Crippen molar-refractivity contribution in [1.29, 1.82) is 0 Å². The van der Waals surface area contributed by atoms with Crippen LogP contribution in [0.3, 0.4) is 0 Å². The van der Waals surface area contributed by atoms with Crippen molar-refractivity contribution in [3.05, 3.63) is 99.7 Å². The van der Waals surface area contributed by atoms with Crippen molar-refractivity contribution in [3.8, 4) is 5.75 Å². The largest absolute Gasteiger partial charge is 0.485 e. The Morgan fingerprint density at radius 1 is 1.09 bits per heavy atom. The molecule has 0 aliphatic carbocycles. The number of para-hydroxylation sites is 1. The topological polar surface area (TPSA) is 69.3 Å². The van der Waals surface area contributed by atoms with Crippen LogP contribution < -0.4 is 10.1 Å². The SMILES string of the molecule is Cc1ccccc1OCc1ccc(C(=O)Nc2c(C)nn(Cc3cccc(Cl)c3)c2C)o1. The lowest BCUT2D eigenvalue weighted by atomic mass is 10.2. The molecule has 0 saturated heterocycles. The van der Waals surface area contributed by atoms with Crippen LogP contribution in [0, 0.1) is 20.8 Å². The van der Waals surface area contributed by atoms with Gasteiger partial charge in [0, 0.05) is 5.02 Å². The van der Waals surface area contributed by atoms with Gasteiger partial charge in [-0.2, -0.15) is 5.10 Å². The molecule has 2 aromatic heterocycles. The van der Waals surface area contributed by atoms with Gasteiger partial charge in [0.2, 0.25) is 0 Å². The van der Waals surface area contributed by atoms with E-state index in [9.17, 15) is 4.79 Å². The maximum Gasteiger partial charge on any atom is 0.291 e. The summed E-state index contributed by atoms with van der Waals surface area (Å²) in [5, 5.41) is 8.17. The van der Waals surface area contributed by atoms with E-state index in [1.807, 2.05) is 74.0 Å². The van der Waals surface area contributed by atoms with Crippen molar-refractivity contribution >= 4 is 23.2 Å². The Morgan fingerprint density at radius 2 is 1.91 bits per heavy atom. The van der Waals surface area contributed by atoms with Gasteiger partial charge in [-0.05, 0) is 62.2 Å². The molecule has 7 heteroatoms. The second kappa shape index (κ2) is 9.32. The van der Waals surface area contributed by atoms with Crippen molar-refractivity contribution in [2.75, 3.05) is 5.32 Å². The summed E-state index contributed by atoms with van der Waals surface area (Å²) < 4.78 is 13.3. The fourth-order valence-corrected chi connectivity index (χ4v) is 3.67. The standard InChI is InChI=1S/C25H24ClN3O3/c1-16-7-4-5-10-22(16)31-15-21-11-12-23(32-21)25(30)27-24-17(2)28-29(18(24)3)14-19-8-6-9-20(26)13-19/h4-13H,14-15H2,1-3H3,(H,27,30). The predicted molar refractivity (Wildman–Crippen MR) is 124 cm³/mol. The molecule has 0 unspecified atom stereocenters. The van der Waals surface area contributed by atoms with Gasteiger partial charge in [-0.3, -0.25) is 9.48 Å². The van der Waals surface area contributed by atoms with Gasteiger partial charge >= 0.3 is 0 Å². The van der Waals surface area contributed by atoms with Crippen molar-refractivity contribution in [3.63, 3.8) is 0 Å². The normalized spacial score (nSPS) is 10.9. The maximum absolute atomic E-state index is 12.8. The number of furan rings is 1. The Kier molecular flexibility index (Phi) is 6.32. The molecular formula is C25H24ClN3O3. The third-order valence-corrected chi connectivity index (χ3v) is 5.43. The van der Waals surface area contributed by atoms with Gasteiger partial charge in [0.1, 0.15) is 18.1 Å². The molecular weight excluding hydrogens is 426 g/mol. The lowest BCUT2D eigenvalue weighted by Crippen LogP contribution is -2.12. The van der Waals surface area contributed by atoms with E-state index in [4.69, 9.17) is 20.8 Å². The molecule has 6 nitrogen and oxygen atoms in total. The first-order valence-corrected chi connectivity index (χ1v) is 10.7. The minimum Gasteiger partial charge on any atom is -0.485 e. The minimum atomic E-state index is -0.333. The highest BCUT2D eigenvalue weighted by Crippen LogP contribution is 2.23. The number of hydrogen-bond acceptors (Lipinski definition) is 4. The van der Waals surface area contributed by atoms with E-state index in [1.165, 1.54) is 0 Å². The monoisotopic (exact) mass is 449 g/mol. The van der Waals surface area contributed by atoms with E-state index in [0.29, 0.717) is 23.0 Å². The van der Waals surface area contributed by atoms with Crippen LogP contribution >= 0.6 is 11.6 Å². The zero-order valence-electron chi connectivity index (χ0n) is 18.2. The summed E-state index contributed by atoms with van der Waals surface area (Å²) in [6, 6.07) is 18.8. The molecule has 4 aromatic rings. The number of halogens is 1. The summed E-state index contributed by atoms with van der Waals surface area (Å²) in [7, 11) is 0. The molecule has 0 radical (unpaired) electrons. The molecule has 2 heterocycles. The minimum absolute atomic E-state index is 0.217. The van der Waals surface area contributed by atoms with Gasteiger partial charge < -0.3 is 14.5 Å². The van der Waals surface area contributed by atoms with Crippen LogP contribution in [0.4, 0.5) is 5.69 Å². The molecule has 0 spiro atoms. The smallest absolute Gasteiger partial charge is 0.291 e. The highest BCUT2D eigenvalue weighted by atomic mass is 35.5. The average molecular weight is 450 g/mol. The van der Waals surface area contributed by atoms with Crippen molar-refractivity contribution in [1.82, 2.24) is 9.78 Å². The number of benzene rings is 2. The van der Waals surface area contributed by atoms with Crippen molar-refractivity contribution in [2.45, 2.75) is 33.9 Å². The number of aromatic nitrogens is 2. The number of amides is 1. The van der Waals surface area contributed by atoms with Gasteiger partial charge in [-0.1, -0.05) is 41.9 Å². The lowest BCUT2D eigenvalue weighted by Gasteiger charge is -2.07. The maximum atomic E-state index is 12.8. The quantitative estimate of drug-likeness (QED) is 0.379. The van der Waals surface area contributed by atoms with Crippen LogP contribution in [-0.2, 0) is 13.2 Å². The Morgan fingerprint density at radius 3 is 2.69 bits per heavy atom. The summed E-state index contributed by atoms with van der Waals surface area (Å²) in [4.78, 5) is 12.8. The van der Waals surface area contributed by atoms with Crippen molar-refractivity contribution < 1.29 is 13.9 Å². The first kappa shape index (κ1) is 21.7. The van der Waals surface area contributed by atoms with E-state index in [1.54, 1.807) is 12.1 Å². The number of aryl methyl sites for hydroxylation is 2. The van der Waals surface area contributed by atoms with Gasteiger partial charge in [0.05, 0.1) is 23.6 Å². The first-order valence-electron chi connectivity index (χ1n) is 10.3. The number of hydrogen-bond donors (Lipinski definition) is 1. The number of carbonyl (C=O) groups is 1. The molecule has 0 fully saturated rings. The molecule has 0 bridgehead atoms. The molecule has 32 heavy (non-hydrogen) atoms. The summed E-state index contributed by atoms with van der Waals surface area (Å²) in [5.41, 5.74) is 4.33. The number of carbonyl (C=O) groups excluding carboxylic acids is 1. The Labute approximate surface area is 191 Å². The van der Waals surface area contributed by atoms with Gasteiger partial charge in [0.25, 0.3) is 5.91 Å². The molecule has 4 rings (SSSR count). The van der Waals surface area contributed by atoms with Gasteiger partial charge in [-0.15, -0.1) is 0 Å². The fraction of sp³-hybridized carbons (Fsp3) is 0.200. The third kappa shape index (κ3) is 4.86. The first-order chi connectivity index (χ1) is 15.4. The molecule has 2 aromatic carbocycles. The summed E-state index contributed by atoms with van der Waals surface area (Å²) >= 11 is 6.08. The zero-order chi connectivity index (χ0) is 22.7. The number of rotatable bonds is 7. The zero-order valence-corrected chi connectivity index (χ0v) is 18.9. The summed E-state index contributed by atoms with van der Waals surface area (Å²) in [5.74, 6) is 1.24. The third-order valence-electron chi connectivity index (χ3n) is 5.19. The average Bonchev–Trinajstić information content (AvgIpc) is 3.34. The lowest BCUT2D eigenvalue weighted by molar-refractivity contribution is 0.0992. The molecule has 0 aliphatic heterocycles. The molecule has 0 saturated carbocycles. The molecule has 0 aliphatic rings. The predicted octanol–water partition coefficient (Wildman–Crippen LogP) is 5.93. The Hall–Kier alpha value is -3.51. The Bertz CT molecular complexity index is 1260. The molecule has 164 valence electrons. The Balaban J connectivity index is 1.43. The number of ether oxygens (including phenoxy) is 1. The van der Waals surface area contributed by atoms with Crippen LogP contribution in [-0.4, -0.2) is 15.7 Å². The molecule has 0 atom stereocenters. The van der Waals surface area contributed by atoms with E-state index in [2.05, 4.69) is 10.4 Å². The molecule has 1 amide bonds. The second-order valence-electron chi connectivity index (χ2n) is 7.61. The van der Waals surface area contributed by atoms with Crippen LogP contribution in [0.1, 0.15) is 38.8 Å². The van der Waals surface area contributed by atoms with Crippen LogP contribution in [0.5, 0.6) is 5.75 Å². The highest BCUT2D eigenvalue weighted by molar-refractivity contribution is 6.30. The molecule has 1 N–H and O–H groups in total. The van der Waals surface area contributed by atoms with Gasteiger partial charge in [-0.25, -0.2) is 0 Å². The van der Waals surface area contributed by atoms with Crippen molar-refractivity contribution in [2.24, 2.45) is 0 Å². The van der Waals surface area contributed by atoms with E-state index in [-0.39, 0.29) is 18.3 Å². The van der Waals surface area contributed by atoms with E-state index >= 15 is 0 Å². The van der Waals surface area contributed by atoms with Gasteiger partial charge in [0.15, 0.2) is 5.76 Å². The number of nitrogens with one attached hydrogen (secondary N) is 1.